The second kappa shape index (κ2) is 7.57. The lowest BCUT2D eigenvalue weighted by Gasteiger charge is -2.13. The quantitative estimate of drug-likeness (QED) is 0.681. The number of fused-ring (bicyclic) bond motifs is 1. The zero-order valence-corrected chi connectivity index (χ0v) is 16.7. The molecule has 0 atom stereocenters. The highest BCUT2D eigenvalue weighted by molar-refractivity contribution is 7.92. The largest absolute Gasteiger partial charge is 0.438 e. The van der Waals surface area contributed by atoms with E-state index in [2.05, 4.69) is 9.71 Å². The Labute approximate surface area is 169 Å². The number of nitrogens with one attached hydrogen (secondary N) is 1. The highest BCUT2D eigenvalue weighted by atomic mass is 32.2. The van der Waals surface area contributed by atoms with E-state index in [9.17, 15) is 8.42 Å². The van der Waals surface area contributed by atoms with Gasteiger partial charge in [-0.15, -0.1) is 0 Å². The Hall–Kier alpha value is -3.37. The molecule has 1 aromatic heterocycles. The molecule has 1 N–H and O–H groups in total. The number of ether oxygens (including phenoxy) is 1. The van der Waals surface area contributed by atoms with E-state index in [4.69, 9.17) is 10.00 Å². The van der Waals surface area contributed by atoms with Gasteiger partial charge in [-0.1, -0.05) is 6.07 Å². The summed E-state index contributed by atoms with van der Waals surface area (Å²) in [5.41, 5.74) is 3.83. The van der Waals surface area contributed by atoms with Gasteiger partial charge in [0.2, 0.25) is 5.88 Å². The van der Waals surface area contributed by atoms with E-state index in [1.807, 2.05) is 12.1 Å². The monoisotopic (exact) mass is 405 g/mol. The highest BCUT2D eigenvalue weighted by Crippen LogP contribution is 2.29. The Bertz CT molecular complexity index is 1230. The number of anilines is 1. The number of hydrogen-bond acceptors (Lipinski definition) is 5. The summed E-state index contributed by atoms with van der Waals surface area (Å²) in [7, 11) is -3.69. The van der Waals surface area contributed by atoms with E-state index < -0.39 is 10.0 Å². The van der Waals surface area contributed by atoms with Crippen LogP contribution in [0.4, 0.5) is 5.69 Å². The molecular weight excluding hydrogens is 386 g/mol. The highest BCUT2D eigenvalue weighted by Gasteiger charge is 2.19. The van der Waals surface area contributed by atoms with Crippen molar-refractivity contribution in [3.63, 3.8) is 0 Å². The third-order valence-corrected chi connectivity index (χ3v) is 6.29. The van der Waals surface area contributed by atoms with E-state index in [-0.39, 0.29) is 10.8 Å². The number of aryl methyl sites for hydroxylation is 3. The van der Waals surface area contributed by atoms with Crippen molar-refractivity contribution in [2.24, 2.45) is 0 Å². The summed E-state index contributed by atoms with van der Waals surface area (Å²) < 4.78 is 34.0. The van der Waals surface area contributed by atoms with Gasteiger partial charge >= 0.3 is 0 Å². The van der Waals surface area contributed by atoms with Gasteiger partial charge in [0.15, 0.2) is 0 Å². The number of nitrogens with zero attached hydrogens (tertiary/aromatic N) is 2. The molecule has 6 nitrogen and oxygen atoms in total. The standard InChI is InChI=1S/C22H19N3O3S/c1-15-12-19(28-22-18(14-23)6-3-11-24-22)8-10-21(15)25-29(26,27)20-9-7-16-4-2-5-17(16)13-20/h3,6-13,25H,2,4-5H2,1H3. The third-order valence-electron chi connectivity index (χ3n) is 4.93. The summed E-state index contributed by atoms with van der Waals surface area (Å²) in [6.45, 7) is 1.79. The number of hydrogen-bond donors (Lipinski definition) is 1. The van der Waals surface area contributed by atoms with Crippen molar-refractivity contribution in [2.45, 2.75) is 31.1 Å². The molecule has 1 aliphatic rings. The van der Waals surface area contributed by atoms with Gasteiger partial charge in [0.05, 0.1) is 10.6 Å². The molecule has 0 spiro atoms. The maximum Gasteiger partial charge on any atom is 0.261 e. The molecule has 7 heteroatoms. The summed E-state index contributed by atoms with van der Waals surface area (Å²) in [5.74, 6) is 0.680. The van der Waals surface area contributed by atoms with Crippen LogP contribution in [0.25, 0.3) is 0 Å². The predicted octanol–water partition coefficient (Wildman–Crippen LogP) is 4.34. The predicted molar refractivity (Wildman–Crippen MR) is 109 cm³/mol. The minimum Gasteiger partial charge on any atom is -0.438 e. The van der Waals surface area contributed by atoms with Gasteiger partial charge in [-0.2, -0.15) is 5.26 Å². The molecule has 1 heterocycles. The summed E-state index contributed by atoms with van der Waals surface area (Å²) in [4.78, 5) is 4.34. The summed E-state index contributed by atoms with van der Waals surface area (Å²) in [6.07, 6.45) is 4.54. The second-order valence-electron chi connectivity index (χ2n) is 6.94. The molecular formula is C22H19N3O3S. The van der Waals surface area contributed by atoms with Gasteiger partial charge < -0.3 is 4.74 Å². The number of aromatic nitrogens is 1. The summed E-state index contributed by atoms with van der Waals surface area (Å²) >= 11 is 0. The van der Waals surface area contributed by atoms with Crippen LogP contribution in [0.5, 0.6) is 11.6 Å². The van der Waals surface area contributed by atoms with Gasteiger partial charge in [0, 0.05) is 6.20 Å². The van der Waals surface area contributed by atoms with Crippen molar-refractivity contribution in [1.29, 1.82) is 5.26 Å². The van der Waals surface area contributed by atoms with Crippen LogP contribution in [0.3, 0.4) is 0 Å². The molecule has 0 fully saturated rings. The fourth-order valence-corrected chi connectivity index (χ4v) is 4.58. The van der Waals surface area contributed by atoms with E-state index in [0.717, 1.165) is 24.8 Å². The van der Waals surface area contributed by atoms with Crippen molar-refractivity contribution in [1.82, 2.24) is 4.98 Å². The Morgan fingerprint density at radius 2 is 1.93 bits per heavy atom. The topological polar surface area (TPSA) is 92.1 Å². The molecule has 0 aliphatic heterocycles. The number of sulfonamides is 1. The van der Waals surface area contributed by atoms with Crippen molar-refractivity contribution in [3.05, 3.63) is 77.0 Å². The second-order valence-corrected chi connectivity index (χ2v) is 8.62. The zero-order chi connectivity index (χ0) is 20.4. The molecule has 0 saturated heterocycles. The minimum atomic E-state index is -3.69. The van der Waals surface area contributed by atoms with Crippen LogP contribution in [-0.2, 0) is 22.9 Å². The Morgan fingerprint density at radius 1 is 1.10 bits per heavy atom. The normalized spacial score (nSPS) is 12.8. The van der Waals surface area contributed by atoms with E-state index >= 15 is 0 Å². The summed E-state index contributed by atoms with van der Waals surface area (Å²) in [6, 6.07) is 15.6. The Kier molecular flexibility index (Phi) is 4.95. The van der Waals surface area contributed by atoms with Crippen LogP contribution in [-0.4, -0.2) is 13.4 Å². The van der Waals surface area contributed by atoms with E-state index in [1.54, 1.807) is 55.6 Å². The summed E-state index contributed by atoms with van der Waals surface area (Å²) in [5, 5.41) is 9.14. The third kappa shape index (κ3) is 3.93. The first-order chi connectivity index (χ1) is 14.0. The van der Waals surface area contributed by atoms with Crippen LogP contribution < -0.4 is 9.46 Å². The van der Waals surface area contributed by atoms with Gasteiger partial charge in [-0.3, -0.25) is 4.72 Å². The molecule has 1 aliphatic carbocycles. The maximum atomic E-state index is 12.8. The molecule has 4 rings (SSSR count). The van der Waals surface area contributed by atoms with Crippen molar-refractivity contribution >= 4 is 15.7 Å². The van der Waals surface area contributed by atoms with E-state index in [0.29, 0.717) is 22.6 Å². The lowest BCUT2D eigenvalue weighted by molar-refractivity contribution is 0.461. The lowest BCUT2D eigenvalue weighted by atomic mass is 10.1. The fraction of sp³-hybridized carbons (Fsp3) is 0.182. The number of nitriles is 1. The molecule has 3 aromatic rings. The smallest absolute Gasteiger partial charge is 0.261 e. The molecule has 0 radical (unpaired) electrons. The van der Waals surface area contributed by atoms with E-state index in [1.165, 1.54) is 5.56 Å². The average molecular weight is 405 g/mol. The molecule has 0 saturated carbocycles. The molecule has 29 heavy (non-hydrogen) atoms. The maximum absolute atomic E-state index is 12.8. The number of benzene rings is 2. The van der Waals surface area contributed by atoms with Crippen LogP contribution >= 0.6 is 0 Å². The SMILES string of the molecule is Cc1cc(Oc2ncccc2C#N)ccc1NS(=O)(=O)c1ccc2c(c1)CCC2. The first kappa shape index (κ1) is 19.0. The average Bonchev–Trinajstić information content (AvgIpc) is 3.18. The van der Waals surface area contributed by atoms with Gasteiger partial charge in [0.25, 0.3) is 10.0 Å². The molecule has 146 valence electrons. The van der Waals surface area contributed by atoms with Gasteiger partial charge in [-0.25, -0.2) is 13.4 Å². The lowest BCUT2D eigenvalue weighted by Crippen LogP contribution is -2.14. The number of rotatable bonds is 5. The minimum absolute atomic E-state index is 0.209. The van der Waals surface area contributed by atoms with Crippen LogP contribution in [0.2, 0.25) is 0 Å². The zero-order valence-electron chi connectivity index (χ0n) is 15.8. The van der Waals surface area contributed by atoms with Gasteiger partial charge in [0.1, 0.15) is 17.4 Å². The Morgan fingerprint density at radius 3 is 2.72 bits per heavy atom. The van der Waals surface area contributed by atoms with Crippen LogP contribution in [0, 0.1) is 18.3 Å². The van der Waals surface area contributed by atoms with Gasteiger partial charge in [-0.05, 0) is 85.3 Å². The first-order valence-corrected chi connectivity index (χ1v) is 10.7. The molecule has 2 aromatic carbocycles. The van der Waals surface area contributed by atoms with Crippen molar-refractivity contribution < 1.29 is 13.2 Å². The van der Waals surface area contributed by atoms with Crippen molar-refractivity contribution in [3.8, 4) is 17.7 Å². The Balaban J connectivity index is 1.56. The van der Waals surface area contributed by atoms with Crippen LogP contribution in [0.15, 0.2) is 59.6 Å². The van der Waals surface area contributed by atoms with Crippen LogP contribution in [0.1, 0.15) is 28.7 Å². The molecule has 0 unspecified atom stereocenters. The number of pyridine rings is 1. The first-order valence-electron chi connectivity index (χ1n) is 9.24. The van der Waals surface area contributed by atoms with Crippen molar-refractivity contribution in [2.75, 3.05) is 4.72 Å². The molecule has 0 bridgehead atoms. The molecule has 0 amide bonds. The fourth-order valence-electron chi connectivity index (χ4n) is 3.40.